The van der Waals surface area contributed by atoms with Crippen molar-refractivity contribution in [3.8, 4) is 11.4 Å². The number of hydrogen-bond donors (Lipinski definition) is 4. The van der Waals surface area contributed by atoms with E-state index in [0.29, 0.717) is 37.7 Å². The Balaban J connectivity index is 1.28. The van der Waals surface area contributed by atoms with Crippen molar-refractivity contribution < 1.29 is 81.2 Å². The van der Waals surface area contributed by atoms with Crippen LogP contribution in [0.5, 0.6) is 5.75 Å². The number of aliphatic carboxylic acids is 1. The van der Waals surface area contributed by atoms with E-state index in [2.05, 4.69) is 10.3 Å². The fraction of sp³-hybridized carbons (Fsp3) is 0.692. The molecule has 6 atom stereocenters. The van der Waals surface area contributed by atoms with Crippen LogP contribution in [0.1, 0.15) is 45.4 Å². The summed E-state index contributed by atoms with van der Waals surface area (Å²) < 4.78 is 63.7. The zero-order valence-corrected chi connectivity index (χ0v) is 36.4. The quantitative estimate of drug-likeness (QED) is 0.0701. The number of aliphatic hydroxyl groups is 3. The van der Waals surface area contributed by atoms with E-state index in [1.54, 1.807) is 0 Å². The Hall–Kier alpha value is -4.33. The van der Waals surface area contributed by atoms with E-state index in [0.717, 1.165) is 6.26 Å². The van der Waals surface area contributed by atoms with Gasteiger partial charge in [-0.05, 0) is 29.5 Å². The second-order valence-corrected chi connectivity index (χ2v) is 17.9. The molecule has 4 rings (SSSR count). The van der Waals surface area contributed by atoms with Gasteiger partial charge in [-0.15, -0.1) is 5.10 Å². The van der Waals surface area contributed by atoms with E-state index < -0.39 is 52.6 Å². The minimum absolute atomic E-state index is 0.0193. The number of imide groups is 1. The predicted octanol–water partition coefficient (Wildman–Crippen LogP) is -0.225. The van der Waals surface area contributed by atoms with Gasteiger partial charge in [-0.25, -0.2) is 22.7 Å². The second-order valence-electron chi connectivity index (χ2n) is 15.7. The molecular weight excluding hydrogens is 843 g/mol. The first-order chi connectivity index (χ1) is 29.4. The molecule has 0 spiro atoms. The summed E-state index contributed by atoms with van der Waals surface area (Å²) in [6.45, 7) is 9.62. The van der Waals surface area contributed by atoms with Gasteiger partial charge in [0.25, 0.3) is 0 Å². The molecule has 2 aliphatic rings. The number of carbonyl (C=O) groups excluding carboxylic acids is 3. The largest absolute Gasteiger partial charge is 0.479 e. The fourth-order valence-corrected chi connectivity index (χ4v) is 6.91. The summed E-state index contributed by atoms with van der Waals surface area (Å²) in [7, 11) is -3.36. The molecular formula is C39H59N5O17S. The minimum Gasteiger partial charge on any atom is -0.479 e. The fourth-order valence-electron chi connectivity index (χ4n) is 6.36. The average Bonchev–Trinajstić information content (AvgIpc) is 3.80. The monoisotopic (exact) mass is 901 g/mol. The van der Waals surface area contributed by atoms with Crippen LogP contribution in [0.3, 0.4) is 0 Å². The second kappa shape index (κ2) is 23.9. The van der Waals surface area contributed by atoms with E-state index in [1.165, 1.54) is 38.9 Å². The Morgan fingerprint density at radius 3 is 2.16 bits per heavy atom. The molecule has 2 aliphatic heterocycles. The van der Waals surface area contributed by atoms with Gasteiger partial charge in [0, 0.05) is 31.7 Å². The lowest BCUT2D eigenvalue weighted by atomic mass is 9.94. The molecule has 23 heteroatoms. The van der Waals surface area contributed by atoms with Crippen LogP contribution in [0.2, 0.25) is 0 Å². The molecule has 3 heterocycles. The normalized spacial score (nSPS) is 21.9. The van der Waals surface area contributed by atoms with Crippen molar-refractivity contribution in [3.63, 3.8) is 0 Å². The van der Waals surface area contributed by atoms with E-state index in [1.807, 2.05) is 27.7 Å². The molecule has 1 aromatic carbocycles. The predicted molar refractivity (Wildman–Crippen MR) is 214 cm³/mol. The lowest BCUT2D eigenvalue weighted by molar-refractivity contribution is -0.271. The van der Waals surface area contributed by atoms with Crippen LogP contribution in [0, 0.1) is 17.8 Å². The number of hydrogen-bond acceptors (Lipinski definition) is 18. The molecule has 3 amide bonds. The van der Waals surface area contributed by atoms with Crippen LogP contribution in [-0.2, 0) is 65.9 Å². The van der Waals surface area contributed by atoms with Crippen molar-refractivity contribution in [2.45, 2.75) is 78.0 Å². The number of sulfone groups is 1. The number of rotatable bonds is 26. The van der Waals surface area contributed by atoms with Crippen LogP contribution < -0.4 is 4.74 Å². The molecule has 0 saturated carbocycles. The maximum Gasteiger partial charge on any atom is 0.410 e. The molecule has 62 heavy (non-hydrogen) atoms. The van der Waals surface area contributed by atoms with Gasteiger partial charge in [-0.2, -0.15) is 0 Å². The smallest absolute Gasteiger partial charge is 0.410 e. The summed E-state index contributed by atoms with van der Waals surface area (Å²) in [4.78, 5) is 51.8. The zero-order chi connectivity index (χ0) is 45.6. The molecule has 4 N–H and O–H groups in total. The van der Waals surface area contributed by atoms with Crippen molar-refractivity contribution in [3.05, 3.63) is 35.7 Å². The SMILES string of the molecule is CC(C)CN(CCS(C)(=O)=O)C(=O)OCc1ccc(O[C@@H]2O[C@H](C(=O)O)[C@@H](O)[C@H](O)[C@H]2O)c(-n2cc(COCCOCCOCCOCCN3C(=O)CC(C(C)C)C3=O)nn2)c1. The summed E-state index contributed by atoms with van der Waals surface area (Å²) in [5.41, 5.74) is 0.969. The number of carbonyl (C=O) groups is 4. The van der Waals surface area contributed by atoms with Gasteiger partial charge >= 0.3 is 12.1 Å². The molecule has 2 saturated heterocycles. The molecule has 1 unspecified atom stereocenters. The van der Waals surface area contributed by atoms with Gasteiger partial charge in [0.15, 0.2) is 6.10 Å². The van der Waals surface area contributed by atoms with Crippen LogP contribution in [-0.4, -0.2) is 186 Å². The number of carboxylic acid groups (broad SMARTS) is 1. The van der Waals surface area contributed by atoms with Gasteiger partial charge in [0.05, 0.1) is 71.3 Å². The topological polar surface area (TPSA) is 285 Å². The van der Waals surface area contributed by atoms with Gasteiger partial charge in [0.1, 0.15) is 51.9 Å². The molecule has 2 fully saturated rings. The molecule has 0 bridgehead atoms. The highest BCUT2D eigenvalue weighted by atomic mass is 32.2. The highest BCUT2D eigenvalue weighted by Gasteiger charge is 2.48. The zero-order valence-electron chi connectivity index (χ0n) is 35.6. The van der Waals surface area contributed by atoms with E-state index in [4.69, 9.17) is 33.2 Å². The van der Waals surface area contributed by atoms with Crippen molar-refractivity contribution in [2.75, 3.05) is 77.9 Å². The number of aromatic nitrogens is 3. The number of benzene rings is 1. The van der Waals surface area contributed by atoms with Gasteiger partial charge in [-0.3, -0.25) is 14.5 Å². The Labute approximate surface area is 359 Å². The summed E-state index contributed by atoms with van der Waals surface area (Å²) in [6.07, 6.45) is -7.29. The van der Waals surface area contributed by atoms with Gasteiger partial charge in [0.2, 0.25) is 18.1 Å². The van der Waals surface area contributed by atoms with Gasteiger partial charge in [-0.1, -0.05) is 39.0 Å². The Bertz CT molecular complexity index is 1900. The highest BCUT2D eigenvalue weighted by molar-refractivity contribution is 7.90. The molecule has 2 aromatic rings. The van der Waals surface area contributed by atoms with Crippen LogP contribution >= 0.6 is 0 Å². The number of aliphatic hydroxyl groups excluding tert-OH is 3. The Kier molecular flexibility index (Phi) is 19.4. The lowest BCUT2D eigenvalue weighted by Crippen LogP contribution is -2.61. The maximum atomic E-state index is 13.0. The average molecular weight is 902 g/mol. The maximum absolute atomic E-state index is 13.0. The Morgan fingerprint density at radius 1 is 0.919 bits per heavy atom. The Morgan fingerprint density at radius 2 is 1.56 bits per heavy atom. The van der Waals surface area contributed by atoms with Crippen LogP contribution in [0.4, 0.5) is 4.79 Å². The highest BCUT2D eigenvalue weighted by Crippen LogP contribution is 2.30. The van der Waals surface area contributed by atoms with Crippen molar-refractivity contribution in [1.82, 2.24) is 24.8 Å². The van der Waals surface area contributed by atoms with Crippen molar-refractivity contribution in [2.24, 2.45) is 17.8 Å². The standard InChI is InChI=1S/C39H59N5O17S/c1-24(2)20-42(9-17-62(5,53)54)39(52)59-22-26-6-7-30(60-38-34(48)32(46)33(47)35(61-38)37(50)51)29(18-26)44-21-27(40-41-44)23-58-16-15-57-14-13-56-12-11-55-10-8-43-31(45)19-28(25(3)4)36(43)49/h6-7,18,21,24-25,28,32-35,38,46-48H,8-17,19-20,22-23H2,1-5H3,(H,50,51)/t28?,32-,33-,34+,35-,38+/m0/s1. The summed E-state index contributed by atoms with van der Waals surface area (Å²) in [5.74, 6) is -2.32. The molecule has 0 radical (unpaired) electrons. The number of amides is 3. The molecule has 1 aromatic heterocycles. The van der Waals surface area contributed by atoms with E-state index in [-0.39, 0.29) is 106 Å². The minimum atomic E-state index is -3.36. The molecule has 0 aliphatic carbocycles. The summed E-state index contributed by atoms with van der Waals surface area (Å²) in [5, 5.41) is 48.8. The van der Waals surface area contributed by atoms with Crippen LogP contribution in [0.15, 0.2) is 24.4 Å². The third-order valence-corrected chi connectivity index (χ3v) is 10.6. The first-order valence-corrected chi connectivity index (χ1v) is 22.3. The van der Waals surface area contributed by atoms with Crippen molar-refractivity contribution in [1.29, 1.82) is 0 Å². The third kappa shape index (κ3) is 15.2. The number of nitrogens with zero attached hydrogens (tertiary/aromatic N) is 5. The van der Waals surface area contributed by atoms with Crippen LogP contribution in [0.25, 0.3) is 5.69 Å². The molecule has 348 valence electrons. The first kappa shape index (κ1) is 50.3. The van der Waals surface area contributed by atoms with Crippen molar-refractivity contribution >= 4 is 33.7 Å². The molecule has 22 nitrogen and oxygen atoms in total. The summed E-state index contributed by atoms with van der Waals surface area (Å²) in [6, 6.07) is 4.44. The van der Waals surface area contributed by atoms with E-state index >= 15 is 0 Å². The lowest BCUT2D eigenvalue weighted by Gasteiger charge is -2.38. The third-order valence-electron chi connectivity index (χ3n) is 9.71. The number of carboxylic acids is 1. The van der Waals surface area contributed by atoms with E-state index in [9.17, 15) is 48.0 Å². The van der Waals surface area contributed by atoms with Gasteiger partial charge < -0.3 is 58.5 Å². The number of ether oxygens (including phenoxy) is 7. The first-order valence-electron chi connectivity index (χ1n) is 20.2. The number of likely N-dealkylation sites (tertiary alicyclic amines) is 1. The summed E-state index contributed by atoms with van der Waals surface area (Å²) >= 11 is 0.